The standard InChI is InChI=1S/C10H13NO2/c11-9-4-2-6-1-3-7(12)5-8(6)10(9)13/h1,3,5,9-10,12-13H,2,4,11H2/t9-,10-/m0/s1. The maximum atomic E-state index is 9.72. The zero-order valence-electron chi connectivity index (χ0n) is 7.27. The van der Waals surface area contributed by atoms with Gasteiger partial charge in [0.25, 0.3) is 0 Å². The molecular formula is C10H13NO2. The number of nitrogens with two attached hydrogens (primary N) is 1. The summed E-state index contributed by atoms with van der Waals surface area (Å²) in [5, 5.41) is 19.0. The summed E-state index contributed by atoms with van der Waals surface area (Å²) in [6.07, 6.45) is 1.06. The van der Waals surface area contributed by atoms with E-state index in [1.807, 2.05) is 6.07 Å². The third kappa shape index (κ3) is 1.41. The van der Waals surface area contributed by atoms with Gasteiger partial charge in [-0.25, -0.2) is 0 Å². The molecule has 1 aliphatic carbocycles. The summed E-state index contributed by atoms with van der Waals surface area (Å²) in [5.74, 6) is 0.187. The van der Waals surface area contributed by atoms with Gasteiger partial charge in [-0.3, -0.25) is 0 Å². The number of hydrogen-bond acceptors (Lipinski definition) is 3. The van der Waals surface area contributed by atoms with Gasteiger partial charge in [0.15, 0.2) is 0 Å². The van der Waals surface area contributed by atoms with Crippen LogP contribution in [0.2, 0.25) is 0 Å². The number of hydrogen-bond donors (Lipinski definition) is 3. The minimum absolute atomic E-state index is 0.187. The molecule has 0 aromatic heterocycles. The Kier molecular flexibility index (Phi) is 1.98. The van der Waals surface area contributed by atoms with Gasteiger partial charge in [0.2, 0.25) is 0 Å². The van der Waals surface area contributed by atoms with Crippen LogP contribution in [0.5, 0.6) is 5.75 Å². The number of aryl methyl sites for hydroxylation is 1. The molecule has 0 saturated heterocycles. The van der Waals surface area contributed by atoms with Crippen molar-refractivity contribution in [3.05, 3.63) is 29.3 Å². The molecule has 1 aliphatic rings. The van der Waals surface area contributed by atoms with E-state index in [-0.39, 0.29) is 11.8 Å². The van der Waals surface area contributed by atoms with Crippen LogP contribution < -0.4 is 5.73 Å². The average molecular weight is 179 g/mol. The van der Waals surface area contributed by atoms with E-state index in [1.54, 1.807) is 12.1 Å². The molecule has 0 unspecified atom stereocenters. The van der Waals surface area contributed by atoms with E-state index in [9.17, 15) is 10.2 Å². The summed E-state index contributed by atoms with van der Waals surface area (Å²) in [6.45, 7) is 0. The summed E-state index contributed by atoms with van der Waals surface area (Å²) in [5.41, 5.74) is 7.58. The smallest absolute Gasteiger partial charge is 0.115 e. The van der Waals surface area contributed by atoms with Gasteiger partial charge in [-0.05, 0) is 36.1 Å². The van der Waals surface area contributed by atoms with Crippen LogP contribution in [0, 0.1) is 0 Å². The van der Waals surface area contributed by atoms with Gasteiger partial charge < -0.3 is 15.9 Å². The predicted octanol–water partition coefficient (Wildman–Crippen LogP) is 0.699. The van der Waals surface area contributed by atoms with Gasteiger partial charge in [-0.1, -0.05) is 6.07 Å². The van der Waals surface area contributed by atoms with Crippen LogP contribution in [0.4, 0.5) is 0 Å². The molecule has 0 bridgehead atoms. The topological polar surface area (TPSA) is 66.5 Å². The van der Waals surface area contributed by atoms with Crippen LogP contribution >= 0.6 is 0 Å². The second kappa shape index (κ2) is 3.01. The lowest BCUT2D eigenvalue weighted by Gasteiger charge is -2.27. The molecule has 3 nitrogen and oxygen atoms in total. The van der Waals surface area contributed by atoms with Crippen LogP contribution in [0.3, 0.4) is 0 Å². The lowest BCUT2D eigenvalue weighted by molar-refractivity contribution is 0.133. The number of aromatic hydroxyl groups is 1. The molecule has 0 amide bonds. The third-order valence-electron chi connectivity index (χ3n) is 2.60. The van der Waals surface area contributed by atoms with Crippen molar-refractivity contribution in [2.24, 2.45) is 5.73 Å². The van der Waals surface area contributed by atoms with Crippen molar-refractivity contribution >= 4 is 0 Å². The first-order chi connectivity index (χ1) is 6.18. The second-order valence-corrected chi connectivity index (χ2v) is 3.53. The molecule has 0 fully saturated rings. The van der Waals surface area contributed by atoms with Gasteiger partial charge in [-0.2, -0.15) is 0 Å². The van der Waals surface area contributed by atoms with E-state index >= 15 is 0 Å². The summed E-state index contributed by atoms with van der Waals surface area (Å²) in [7, 11) is 0. The Bertz CT molecular complexity index is 325. The third-order valence-corrected chi connectivity index (χ3v) is 2.60. The van der Waals surface area contributed by atoms with E-state index in [0.29, 0.717) is 0 Å². The highest BCUT2D eigenvalue weighted by Crippen LogP contribution is 2.31. The molecule has 0 heterocycles. The minimum atomic E-state index is -0.629. The molecule has 2 atom stereocenters. The van der Waals surface area contributed by atoms with Crippen LogP contribution in [0.15, 0.2) is 18.2 Å². The highest BCUT2D eigenvalue weighted by atomic mass is 16.3. The molecule has 0 spiro atoms. The van der Waals surface area contributed by atoms with Crippen molar-refractivity contribution in [1.29, 1.82) is 0 Å². The van der Waals surface area contributed by atoms with Crippen molar-refractivity contribution in [3.63, 3.8) is 0 Å². The average Bonchev–Trinajstić information content (AvgIpc) is 2.12. The predicted molar refractivity (Wildman–Crippen MR) is 49.4 cm³/mol. The van der Waals surface area contributed by atoms with Gasteiger partial charge in [0, 0.05) is 6.04 Å². The molecular weight excluding hydrogens is 166 g/mol. The molecule has 0 aliphatic heterocycles. The highest BCUT2D eigenvalue weighted by Gasteiger charge is 2.24. The number of phenolic OH excluding ortho intramolecular Hbond substituents is 1. The van der Waals surface area contributed by atoms with E-state index in [0.717, 1.165) is 24.0 Å². The fraction of sp³-hybridized carbons (Fsp3) is 0.400. The minimum Gasteiger partial charge on any atom is -0.508 e. The Morgan fingerprint density at radius 3 is 2.92 bits per heavy atom. The summed E-state index contributed by atoms with van der Waals surface area (Å²) in [4.78, 5) is 0. The summed E-state index contributed by atoms with van der Waals surface area (Å²) >= 11 is 0. The fourth-order valence-electron chi connectivity index (χ4n) is 1.80. The SMILES string of the molecule is N[C@H]1CCc2ccc(O)cc2[C@@H]1O. The fourth-order valence-corrected chi connectivity index (χ4v) is 1.80. The van der Waals surface area contributed by atoms with Crippen molar-refractivity contribution < 1.29 is 10.2 Å². The number of benzene rings is 1. The maximum absolute atomic E-state index is 9.72. The zero-order valence-corrected chi connectivity index (χ0v) is 7.27. The van der Waals surface area contributed by atoms with Crippen molar-refractivity contribution in [3.8, 4) is 5.75 Å². The monoisotopic (exact) mass is 179 g/mol. The van der Waals surface area contributed by atoms with E-state index < -0.39 is 6.10 Å². The molecule has 70 valence electrons. The Labute approximate surface area is 76.8 Å². The quantitative estimate of drug-likeness (QED) is 0.549. The molecule has 2 rings (SSSR count). The Hall–Kier alpha value is -1.06. The lowest BCUT2D eigenvalue weighted by Crippen LogP contribution is -2.32. The van der Waals surface area contributed by atoms with Crippen LogP contribution in [0.25, 0.3) is 0 Å². The van der Waals surface area contributed by atoms with Crippen molar-refractivity contribution in [2.75, 3.05) is 0 Å². The summed E-state index contributed by atoms with van der Waals surface area (Å²) < 4.78 is 0. The molecule has 1 aromatic carbocycles. The Balaban J connectivity index is 2.45. The number of rotatable bonds is 0. The number of fused-ring (bicyclic) bond motifs is 1. The largest absolute Gasteiger partial charge is 0.508 e. The van der Waals surface area contributed by atoms with E-state index in [2.05, 4.69) is 0 Å². The van der Waals surface area contributed by atoms with Gasteiger partial charge in [-0.15, -0.1) is 0 Å². The molecule has 0 saturated carbocycles. The number of aliphatic hydroxyl groups excluding tert-OH is 1. The molecule has 0 radical (unpaired) electrons. The Morgan fingerprint density at radius 2 is 2.15 bits per heavy atom. The first-order valence-corrected chi connectivity index (χ1v) is 4.44. The summed E-state index contributed by atoms with van der Waals surface area (Å²) in [6, 6.07) is 4.88. The normalized spacial score (nSPS) is 26.9. The molecule has 3 heteroatoms. The number of phenols is 1. The second-order valence-electron chi connectivity index (χ2n) is 3.53. The van der Waals surface area contributed by atoms with Gasteiger partial charge >= 0.3 is 0 Å². The highest BCUT2D eigenvalue weighted by molar-refractivity contribution is 5.38. The van der Waals surface area contributed by atoms with Crippen molar-refractivity contribution in [1.82, 2.24) is 0 Å². The van der Waals surface area contributed by atoms with E-state index in [4.69, 9.17) is 5.73 Å². The van der Waals surface area contributed by atoms with Crippen molar-refractivity contribution in [2.45, 2.75) is 25.0 Å². The van der Waals surface area contributed by atoms with Gasteiger partial charge in [0.1, 0.15) is 5.75 Å². The molecule has 13 heavy (non-hydrogen) atoms. The van der Waals surface area contributed by atoms with E-state index in [1.165, 1.54) is 0 Å². The Morgan fingerprint density at radius 1 is 1.38 bits per heavy atom. The van der Waals surface area contributed by atoms with Gasteiger partial charge in [0.05, 0.1) is 6.10 Å². The van der Waals surface area contributed by atoms with Crippen LogP contribution in [-0.4, -0.2) is 16.3 Å². The first-order valence-electron chi connectivity index (χ1n) is 4.44. The lowest BCUT2D eigenvalue weighted by atomic mass is 9.86. The van der Waals surface area contributed by atoms with Crippen LogP contribution in [-0.2, 0) is 6.42 Å². The maximum Gasteiger partial charge on any atom is 0.115 e. The van der Waals surface area contributed by atoms with Crippen LogP contribution in [0.1, 0.15) is 23.7 Å². The number of aliphatic hydroxyl groups is 1. The molecule has 4 N–H and O–H groups in total. The molecule has 1 aromatic rings. The first kappa shape index (κ1) is 8.53. The zero-order chi connectivity index (χ0) is 9.42.